The van der Waals surface area contributed by atoms with Gasteiger partial charge in [-0.1, -0.05) is 18.0 Å². The molecule has 0 saturated heterocycles. The van der Waals surface area contributed by atoms with Crippen LogP contribution in [0, 0.1) is 5.92 Å². The van der Waals surface area contributed by atoms with Gasteiger partial charge in [0.05, 0.1) is 12.7 Å². The predicted molar refractivity (Wildman–Crippen MR) is 92.0 cm³/mol. The van der Waals surface area contributed by atoms with E-state index >= 15 is 0 Å². The molecule has 0 atom stereocenters. The molecule has 0 spiro atoms. The molecule has 24 heavy (non-hydrogen) atoms. The Hall–Kier alpha value is -2.40. The molecule has 3 rings (SSSR count). The molecule has 1 amide bonds. The molecule has 1 aromatic carbocycles. The Morgan fingerprint density at radius 3 is 2.62 bits per heavy atom. The smallest absolute Gasteiger partial charge is 0.337 e. The van der Waals surface area contributed by atoms with E-state index in [1.165, 1.54) is 7.11 Å². The molecule has 1 saturated carbocycles. The summed E-state index contributed by atoms with van der Waals surface area (Å²) in [4.78, 5) is 27.9. The zero-order chi connectivity index (χ0) is 17.1. The van der Waals surface area contributed by atoms with E-state index in [1.807, 2.05) is 6.07 Å². The lowest BCUT2D eigenvalue weighted by Crippen LogP contribution is -2.28. The summed E-state index contributed by atoms with van der Waals surface area (Å²) in [6.07, 6.45) is 4.62. The quantitative estimate of drug-likeness (QED) is 0.853. The van der Waals surface area contributed by atoms with Crippen LogP contribution in [0.3, 0.4) is 0 Å². The molecule has 0 unspecified atom stereocenters. The van der Waals surface area contributed by atoms with Crippen LogP contribution in [0.5, 0.6) is 0 Å². The minimum Gasteiger partial charge on any atom is -0.465 e. The average Bonchev–Trinajstić information content (AvgIpc) is 2.54. The molecule has 1 aromatic heterocycles. The number of nitrogens with one attached hydrogen (secondary N) is 1. The van der Waals surface area contributed by atoms with Crippen molar-refractivity contribution in [1.29, 1.82) is 0 Å². The number of hydrogen-bond donors (Lipinski definition) is 1. The number of esters is 1. The normalized spacial score (nSPS) is 13.9. The van der Waals surface area contributed by atoms with Gasteiger partial charge in [0.25, 0.3) is 0 Å². The number of amides is 1. The second-order valence-corrected chi connectivity index (χ2v) is 6.14. The van der Waals surface area contributed by atoms with E-state index in [4.69, 9.17) is 16.3 Å². The van der Waals surface area contributed by atoms with Gasteiger partial charge in [0.1, 0.15) is 5.82 Å². The second kappa shape index (κ2) is 7.01. The number of rotatable bonds is 4. The second-order valence-electron chi connectivity index (χ2n) is 5.74. The predicted octanol–water partition coefficient (Wildman–Crippen LogP) is 3.93. The molecule has 1 aliphatic rings. The van der Waals surface area contributed by atoms with Gasteiger partial charge < -0.3 is 10.1 Å². The number of anilines is 1. The summed E-state index contributed by atoms with van der Waals surface area (Å²) in [5, 5.41) is 3.33. The van der Waals surface area contributed by atoms with E-state index in [-0.39, 0.29) is 11.8 Å². The number of pyridine rings is 1. The fourth-order valence-electron chi connectivity index (χ4n) is 2.52. The van der Waals surface area contributed by atoms with Gasteiger partial charge in [-0.05, 0) is 43.2 Å². The summed E-state index contributed by atoms with van der Waals surface area (Å²) in [6.45, 7) is 0. The zero-order valence-electron chi connectivity index (χ0n) is 13.2. The molecule has 1 aliphatic carbocycles. The molecule has 1 N–H and O–H groups in total. The van der Waals surface area contributed by atoms with Gasteiger partial charge in [0.2, 0.25) is 5.91 Å². The van der Waals surface area contributed by atoms with E-state index in [9.17, 15) is 9.59 Å². The van der Waals surface area contributed by atoms with Crippen molar-refractivity contribution in [2.75, 3.05) is 12.4 Å². The van der Waals surface area contributed by atoms with Crippen LogP contribution in [0.4, 0.5) is 5.82 Å². The number of carbonyl (C=O) groups is 2. The molecule has 2 aromatic rings. The zero-order valence-corrected chi connectivity index (χ0v) is 14.0. The van der Waals surface area contributed by atoms with Crippen LogP contribution in [0.15, 0.2) is 36.5 Å². The van der Waals surface area contributed by atoms with Crippen molar-refractivity contribution >= 4 is 29.3 Å². The third-order valence-electron chi connectivity index (χ3n) is 4.19. The van der Waals surface area contributed by atoms with E-state index in [0.717, 1.165) is 24.8 Å². The fraction of sp³-hybridized carbons (Fsp3) is 0.278. The highest BCUT2D eigenvalue weighted by Gasteiger charge is 2.25. The summed E-state index contributed by atoms with van der Waals surface area (Å²) in [7, 11) is 1.33. The molecule has 0 radical (unpaired) electrons. The number of methoxy groups -OCH3 is 1. The molecule has 0 bridgehead atoms. The van der Waals surface area contributed by atoms with E-state index in [2.05, 4.69) is 10.3 Å². The first-order valence-corrected chi connectivity index (χ1v) is 8.11. The number of ether oxygens (including phenoxy) is 1. The number of hydrogen-bond acceptors (Lipinski definition) is 4. The monoisotopic (exact) mass is 344 g/mol. The van der Waals surface area contributed by atoms with Crippen LogP contribution in [0.25, 0.3) is 11.1 Å². The third kappa shape index (κ3) is 3.41. The fourth-order valence-corrected chi connectivity index (χ4v) is 2.74. The van der Waals surface area contributed by atoms with Crippen LogP contribution in [0.2, 0.25) is 5.02 Å². The largest absolute Gasteiger partial charge is 0.465 e. The lowest BCUT2D eigenvalue weighted by molar-refractivity contribution is -0.122. The number of benzene rings is 1. The highest BCUT2D eigenvalue weighted by molar-refractivity contribution is 6.33. The summed E-state index contributed by atoms with van der Waals surface area (Å²) >= 11 is 6.22. The molecule has 0 aliphatic heterocycles. The summed E-state index contributed by atoms with van der Waals surface area (Å²) in [5.74, 6) is 0.214. The molecule has 5 nitrogen and oxygen atoms in total. The number of carbonyl (C=O) groups excluding carboxylic acids is 2. The minimum absolute atomic E-state index is 0.0206. The van der Waals surface area contributed by atoms with Crippen LogP contribution in [-0.2, 0) is 9.53 Å². The average molecular weight is 345 g/mol. The standard InChI is InChI=1S/C18H17ClN2O3/c1-24-18(23)12-5-7-15(19)14(9-12)13-6-8-16(20-10-13)21-17(22)11-3-2-4-11/h5-11H,2-4H2,1H3,(H,20,21,22). The maximum absolute atomic E-state index is 11.9. The maximum atomic E-state index is 11.9. The van der Waals surface area contributed by atoms with Gasteiger partial charge in [0, 0.05) is 28.3 Å². The first-order valence-electron chi connectivity index (χ1n) is 7.73. The van der Waals surface area contributed by atoms with E-state index in [1.54, 1.807) is 30.5 Å². The van der Waals surface area contributed by atoms with Crippen molar-refractivity contribution in [3.63, 3.8) is 0 Å². The summed E-state index contributed by atoms with van der Waals surface area (Å²) < 4.78 is 4.72. The topological polar surface area (TPSA) is 68.3 Å². The number of nitrogens with zero attached hydrogens (tertiary/aromatic N) is 1. The van der Waals surface area contributed by atoms with E-state index < -0.39 is 5.97 Å². The van der Waals surface area contributed by atoms with Gasteiger partial charge in [0.15, 0.2) is 0 Å². The lowest BCUT2D eigenvalue weighted by Gasteiger charge is -2.23. The van der Waals surface area contributed by atoms with Gasteiger partial charge in [-0.15, -0.1) is 0 Å². The Bertz CT molecular complexity index is 770. The van der Waals surface area contributed by atoms with Gasteiger partial charge in [-0.2, -0.15) is 0 Å². The highest BCUT2D eigenvalue weighted by Crippen LogP contribution is 2.30. The Morgan fingerprint density at radius 2 is 2.04 bits per heavy atom. The van der Waals surface area contributed by atoms with Crippen molar-refractivity contribution in [2.45, 2.75) is 19.3 Å². The summed E-state index contributed by atoms with van der Waals surface area (Å²) in [6, 6.07) is 8.46. The van der Waals surface area contributed by atoms with Gasteiger partial charge in [-0.3, -0.25) is 4.79 Å². The van der Waals surface area contributed by atoms with Gasteiger partial charge in [-0.25, -0.2) is 9.78 Å². The van der Waals surface area contributed by atoms with Crippen LogP contribution in [-0.4, -0.2) is 24.0 Å². The molecule has 1 heterocycles. The Kier molecular flexibility index (Phi) is 4.81. The number of halogens is 1. The Labute approximate surface area is 145 Å². The van der Waals surface area contributed by atoms with Crippen molar-refractivity contribution in [3.05, 3.63) is 47.1 Å². The Morgan fingerprint density at radius 1 is 1.25 bits per heavy atom. The molecule has 124 valence electrons. The van der Waals surface area contributed by atoms with Crippen molar-refractivity contribution in [2.24, 2.45) is 5.92 Å². The Balaban J connectivity index is 1.80. The summed E-state index contributed by atoms with van der Waals surface area (Å²) in [5.41, 5.74) is 1.86. The first-order chi connectivity index (χ1) is 11.6. The maximum Gasteiger partial charge on any atom is 0.337 e. The van der Waals surface area contributed by atoms with Crippen LogP contribution < -0.4 is 5.32 Å². The molecular weight excluding hydrogens is 328 g/mol. The van der Waals surface area contributed by atoms with Crippen molar-refractivity contribution in [3.8, 4) is 11.1 Å². The van der Waals surface area contributed by atoms with Crippen LogP contribution in [0.1, 0.15) is 29.6 Å². The van der Waals surface area contributed by atoms with Crippen molar-refractivity contribution in [1.82, 2.24) is 4.98 Å². The number of aromatic nitrogens is 1. The van der Waals surface area contributed by atoms with E-state index in [0.29, 0.717) is 22.0 Å². The minimum atomic E-state index is -0.426. The SMILES string of the molecule is COC(=O)c1ccc(Cl)c(-c2ccc(NC(=O)C3CCC3)nc2)c1. The first kappa shape index (κ1) is 16.5. The lowest BCUT2D eigenvalue weighted by atomic mass is 9.85. The van der Waals surface area contributed by atoms with Gasteiger partial charge >= 0.3 is 5.97 Å². The highest BCUT2D eigenvalue weighted by atomic mass is 35.5. The van der Waals surface area contributed by atoms with Crippen molar-refractivity contribution < 1.29 is 14.3 Å². The molecule has 6 heteroatoms. The molecular formula is C18H17ClN2O3. The molecule has 1 fully saturated rings. The van der Waals surface area contributed by atoms with Crippen LogP contribution >= 0.6 is 11.6 Å². The third-order valence-corrected chi connectivity index (χ3v) is 4.52.